The third kappa shape index (κ3) is 3.39. The molecule has 3 rings (SSSR count). The molecule has 1 aromatic rings. The number of carbonyl (C=O) groups excluding carboxylic acids is 1. The molecule has 0 bridgehead atoms. The van der Waals surface area contributed by atoms with Crippen LogP contribution in [0.4, 0.5) is 5.69 Å². The summed E-state index contributed by atoms with van der Waals surface area (Å²) in [6, 6.07) is 8.21. The predicted molar refractivity (Wildman–Crippen MR) is 84.3 cm³/mol. The molecule has 0 amide bonds. The Kier molecular flexibility index (Phi) is 3.92. The summed E-state index contributed by atoms with van der Waals surface area (Å²) in [6.07, 6.45) is 5.24. The lowest BCUT2D eigenvalue weighted by Crippen LogP contribution is -2.35. The second kappa shape index (κ2) is 5.70. The van der Waals surface area contributed by atoms with Gasteiger partial charge in [-0.2, -0.15) is 0 Å². The standard InChI is InChI=1S/C18H25NO2/c1-18(2)9-7-15(8-10-18)21-17(20)14-11-13-5-3-4-6-16(13)19-12-14/h3-6,14-15,19H,7-12H2,1-2H3. The molecule has 1 atom stereocenters. The number of carbonyl (C=O) groups is 1. The normalized spacial score (nSPS) is 24.8. The Morgan fingerprint density at radius 1 is 1.24 bits per heavy atom. The summed E-state index contributed by atoms with van der Waals surface area (Å²) in [5.74, 6) is -0.0726. The Hall–Kier alpha value is -1.51. The Morgan fingerprint density at radius 3 is 2.71 bits per heavy atom. The van der Waals surface area contributed by atoms with Crippen molar-refractivity contribution in [3.8, 4) is 0 Å². The van der Waals surface area contributed by atoms with Crippen LogP contribution in [-0.2, 0) is 16.0 Å². The first-order valence-electron chi connectivity index (χ1n) is 8.06. The highest BCUT2D eigenvalue weighted by atomic mass is 16.5. The number of esters is 1. The maximum Gasteiger partial charge on any atom is 0.311 e. The van der Waals surface area contributed by atoms with Crippen LogP contribution in [0.25, 0.3) is 0 Å². The Balaban J connectivity index is 1.55. The molecule has 1 heterocycles. The van der Waals surface area contributed by atoms with Gasteiger partial charge in [-0.15, -0.1) is 0 Å². The smallest absolute Gasteiger partial charge is 0.311 e. The first-order chi connectivity index (χ1) is 10.0. The molecule has 1 fully saturated rings. The van der Waals surface area contributed by atoms with E-state index in [4.69, 9.17) is 4.74 Å². The highest BCUT2D eigenvalue weighted by molar-refractivity contribution is 5.75. The van der Waals surface area contributed by atoms with E-state index in [2.05, 4.69) is 31.3 Å². The van der Waals surface area contributed by atoms with Gasteiger partial charge in [0.15, 0.2) is 0 Å². The zero-order valence-electron chi connectivity index (χ0n) is 13.0. The molecule has 0 aromatic heterocycles. The van der Waals surface area contributed by atoms with Gasteiger partial charge in [-0.25, -0.2) is 0 Å². The Labute approximate surface area is 127 Å². The van der Waals surface area contributed by atoms with Crippen molar-refractivity contribution in [1.29, 1.82) is 0 Å². The summed E-state index contributed by atoms with van der Waals surface area (Å²) < 4.78 is 5.76. The van der Waals surface area contributed by atoms with Crippen LogP contribution in [0.2, 0.25) is 0 Å². The van der Waals surface area contributed by atoms with Crippen molar-refractivity contribution in [2.75, 3.05) is 11.9 Å². The molecule has 3 heteroatoms. The molecular weight excluding hydrogens is 262 g/mol. The number of nitrogens with one attached hydrogen (secondary N) is 1. The monoisotopic (exact) mass is 287 g/mol. The molecule has 1 aliphatic carbocycles. The fourth-order valence-corrected chi connectivity index (χ4v) is 3.36. The van der Waals surface area contributed by atoms with Crippen molar-refractivity contribution >= 4 is 11.7 Å². The molecule has 1 aromatic carbocycles. The van der Waals surface area contributed by atoms with Gasteiger partial charge in [0.2, 0.25) is 0 Å². The summed E-state index contributed by atoms with van der Waals surface area (Å²) in [6.45, 7) is 5.29. The largest absolute Gasteiger partial charge is 0.462 e. The lowest BCUT2D eigenvalue weighted by molar-refractivity contribution is -0.156. The van der Waals surface area contributed by atoms with E-state index < -0.39 is 0 Å². The third-order valence-electron chi connectivity index (χ3n) is 4.92. The Bertz CT molecular complexity index is 514. The van der Waals surface area contributed by atoms with E-state index in [-0.39, 0.29) is 18.0 Å². The molecule has 114 valence electrons. The first-order valence-corrected chi connectivity index (χ1v) is 8.06. The fraction of sp³-hybridized carbons (Fsp3) is 0.611. The number of fused-ring (bicyclic) bond motifs is 1. The zero-order chi connectivity index (χ0) is 14.9. The van der Waals surface area contributed by atoms with Crippen molar-refractivity contribution in [2.45, 2.75) is 52.1 Å². The molecule has 1 aliphatic heterocycles. The molecular formula is C18H25NO2. The van der Waals surface area contributed by atoms with Gasteiger partial charge in [0.25, 0.3) is 0 Å². The van der Waals surface area contributed by atoms with Crippen molar-refractivity contribution < 1.29 is 9.53 Å². The lowest BCUT2D eigenvalue weighted by atomic mass is 9.76. The quantitative estimate of drug-likeness (QED) is 0.841. The molecule has 21 heavy (non-hydrogen) atoms. The molecule has 0 saturated heterocycles. The van der Waals surface area contributed by atoms with Crippen molar-refractivity contribution in [2.24, 2.45) is 11.3 Å². The van der Waals surface area contributed by atoms with Gasteiger partial charge in [-0.05, 0) is 49.1 Å². The molecule has 1 N–H and O–H groups in total. The predicted octanol–water partition coefficient (Wildman–Crippen LogP) is 3.78. The van der Waals surface area contributed by atoms with Crippen LogP contribution < -0.4 is 5.32 Å². The minimum atomic E-state index is -0.0464. The van der Waals surface area contributed by atoms with Crippen LogP contribution in [0.1, 0.15) is 45.1 Å². The number of hydrogen-bond donors (Lipinski definition) is 1. The number of ether oxygens (including phenoxy) is 1. The number of rotatable bonds is 2. The maximum absolute atomic E-state index is 12.4. The van der Waals surface area contributed by atoms with Crippen LogP contribution in [-0.4, -0.2) is 18.6 Å². The molecule has 2 aliphatic rings. The van der Waals surface area contributed by atoms with Gasteiger partial charge in [-0.3, -0.25) is 4.79 Å². The highest BCUT2D eigenvalue weighted by Gasteiger charge is 2.31. The summed E-state index contributed by atoms with van der Waals surface area (Å²) in [4.78, 5) is 12.4. The van der Waals surface area contributed by atoms with Gasteiger partial charge in [-0.1, -0.05) is 32.0 Å². The van der Waals surface area contributed by atoms with Gasteiger partial charge >= 0.3 is 5.97 Å². The van der Waals surface area contributed by atoms with Gasteiger partial charge < -0.3 is 10.1 Å². The summed E-state index contributed by atoms with van der Waals surface area (Å²) in [7, 11) is 0. The van der Waals surface area contributed by atoms with Crippen LogP contribution in [0.15, 0.2) is 24.3 Å². The zero-order valence-corrected chi connectivity index (χ0v) is 13.0. The number of hydrogen-bond acceptors (Lipinski definition) is 3. The number of benzene rings is 1. The minimum Gasteiger partial charge on any atom is -0.462 e. The van der Waals surface area contributed by atoms with E-state index in [9.17, 15) is 4.79 Å². The molecule has 3 nitrogen and oxygen atoms in total. The van der Waals surface area contributed by atoms with Crippen molar-refractivity contribution in [1.82, 2.24) is 0 Å². The minimum absolute atomic E-state index is 0.0262. The summed E-state index contributed by atoms with van der Waals surface area (Å²) in [5, 5.41) is 3.34. The van der Waals surface area contributed by atoms with E-state index in [1.165, 1.54) is 5.56 Å². The van der Waals surface area contributed by atoms with Gasteiger partial charge in [0.1, 0.15) is 6.10 Å². The molecule has 1 unspecified atom stereocenters. The number of anilines is 1. The molecule has 0 spiro atoms. The van der Waals surface area contributed by atoms with Crippen LogP contribution in [0, 0.1) is 11.3 Å². The maximum atomic E-state index is 12.4. The lowest BCUT2D eigenvalue weighted by Gasteiger charge is -2.35. The second-order valence-electron chi connectivity index (χ2n) is 7.24. The summed E-state index contributed by atoms with van der Waals surface area (Å²) in [5.41, 5.74) is 2.78. The van der Waals surface area contributed by atoms with Crippen LogP contribution >= 0.6 is 0 Å². The SMILES string of the molecule is CC1(C)CCC(OC(=O)C2CNc3ccccc3C2)CC1. The van der Waals surface area contributed by atoms with Crippen LogP contribution in [0.3, 0.4) is 0 Å². The molecule has 0 radical (unpaired) electrons. The average molecular weight is 287 g/mol. The Morgan fingerprint density at radius 2 is 1.95 bits per heavy atom. The highest BCUT2D eigenvalue weighted by Crippen LogP contribution is 2.36. The van der Waals surface area contributed by atoms with E-state index in [0.29, 0.717) is 12.0 Å². The van der Waals surface area contributed by atoms with Crippen molar-refractivity contribution in [3.05, 3.63) is 29.8 Å². The van der Waals surface area contributed by atoms with E-state index in [1.54, 1.807) is 0 Å². The van der Waals surface area contributed by atoms with E-state index in [0.717, 1.165) is 37.8 Å². The first kappa shape index (κ1) is 14.4. The van der Waals surface area contributed by atoms with E-state index >= 15 is 0 Å². The fourth-order valence-electron chi connectivity index (χ4n) is 3.36. The van der Waals surface area contributed by atoms with Gasteiger partial charge in [0, 0.05) is 12.2 Å². The molecule has 1 saturated carbocycles. The summed E-state index contributed by atoms with van der Waals surface area (Å²) >= 11 is 0. The van der Waals surface area contributed by atoms with Crippen LogP contribution in [0.5, 0.6) is 0 Å². The number of para-hydroxylation sites is 1. The van der Waals surface area contributed by atoms with Crippen molar-refractivity contribution in [3.63, 3.8) is 0 Å². The topological polar surface area (TPSA) is 38.3 Å². The van der Waals surface area contributed by atoms with E-state index in [1.807, 2.05) is 12.1 Å². The second-order valence-corrected chi connectivity index (χ2v) is 7.24. The third-order valence-corrected chi connectivity index (χ3v) is 4.92. The van der Waals surface area contributed by atoms with Gasteiger partial charge in [0.05, 0.1) is 5.92 Å². The average Bonchev–Trinajstić information content (AvgIpc) is 2.49.